The van der Waals surface area contributed by atoms with Gasteiger partial charge in [-0.05, 0) is 32.4 Å². The zero-order chi connectivity index (χ0) is 18.2. The number of carbonyl (C=O) groups excluding carboxylic acids is 1. The number of carbonyl (C=O) groups is 1. The van der Waals surface area contributed by atoms with Gasteiger partial charge in [0, 0.05) is 12.2 Å². The van der Waals surface area contributed by atoms with Gasteiger partial charge >= 0.3 is 5.97 Å². The Kier molecular flexibility index (Phi) is 9.25. The Morgan fingerprint density at radius 2 is 1.87 bits per heavy atom. The molecule has 0 aliphatic carbocycles. The molecule has 0 amide bonds. The second kappa shape index (κ2) is 10.0. The highest BCUT2D eigenvalue weighted by molar-refractivity contribution is 7.19. The molecular formula is C17H29N3O2S. The molecular weight excluding hydrogens is 310 g/mol. The molecule has 0 saturated heterocycles. The van der Waals surface area contributed by atoms with Gasteiger partial charge < -0.3 is 10.5 Å². The largest absolute Gasteiger partial charge is 0.465 e. The van der Waals surface area contributed by atoms with Crippen LogP contribution in [0.1, 0.15) is 63.5 Å². The first-order valence-electron chi connectivity index (χ1n) is 7.98. The molecule has 5 nitrogen and oxygen atoms in total. The summed E-state index contributed by atoms with van der Waals surface area (Å²) in [5, 5.41) is 4.97. The molecule has 2 aromatic rings. The predicted molar refractivity (Wildman–Crippen MR) is 99.1 cm³/mol. The minimum Gasteiger partial charge on any atom is -0.465 e. The van der Waals surface area contributed by atoms with E-state index in [0.717, 1.165) is 16.1 Å². The molecule has 0 aliphatic rings. The monoisotopic (exact) mass is 339 g/mol. The van der Waals surface area contributed by atoms with Crippen LogP contribution in [0, 0.1) is 6.92 Å². The van der Waals surface area contributed by atoms with Gasteiger partial charge in [-0.2, -0.15) is 5.10 Å². The number of nitrogens with two attached hydrogens (primary N) is 1. The zero-order valence-electron chi connectivity index (χ0n) is 15.4. The topological polar surface area (TPSA) is 70.1 Å². The molecule has 2 rings (SSSR count). The number of rotatable bonds is 3. The van der Waals surface area contributed by atoms with E-state index in [2.05, 4.69) is 18.9 Å². The van der Waals surface area contributed by atoms with Gasteiger partial charge in [0.15, 0.2) is 0 Å². The Bertz CT molecular complexity index is 615. The van der Waals surface area contributed by atoms with Gasteiger partial charge in [-0.15, -0.1) is 11.3 Å². The molecule has 0 unspecified atom stereocenters. The summed E-state index contributed by atoms with van der Waals surface area (Å²) in [7, 11) is 1.35. The third-order valence-electron chi connectivity index (χ3n) is 2.93. The summed E-state index contributed by atoms with van der Waals surface area (Å²) < 4.78 is 6.63. The summed E-state index contributed by atoms with van der Waals surface area (Å²) in [5.41, 5.74) is 8.01. The highest BCUT2D eigenvalue weighted by Crippen LogP contribution is 2.37. The van der Waals surface area contributed by atoms with Gasteiger partial charge in [-0.1, -0.05) is 27.7 Å². The molecule has 0 aliphatic heterocycles. The lowest BCUT2D eigenvalue weighted by Crippen LogP contribution is -2.04. The van der Waals surface area contributed by atoms with E-state index in [0.29, 0.717) is 16.6 Å². The Morgan fingerprint density at radius 1 is 1.30 bits per heavy atom. The third kappa shape index (κ3) is 4.82. The van der Waals surface area contributed by atoms with Gasteiger partial charge in [0.1, 0.15) is 10.7 Å². The van der Waals surface area contributed by atoms with Crippen molar-refractivity contribution in [2.45, 2.75) is 54.5 Å². The van der Waals surface area contributed by atoms with Crippen molar-refractivity contribution < 1.29 is 9.53 Å². The van der Waals surface area contributed by atoms with Crippen LogP contribution < -0.4 is 5.73 Å². The van der Waals surface area contributed by atoms with Gasteiger partial charge in [0.05, 0.1) is 17.6 Å². The van der Waals surface area contributed by atoms with Crippen LogP contribution in [-0.4, -0.2) is 22.9 Å². The SMILES string of the molecule is CC.CC.COC(=O)c1c(N)sc(-c2ccn(C(C)C)n2)c1C. The van der Waals surface area contributed by atoms with E-state index < -0.39 is 5.97 Å². The van der Waals surface area contributed by atoms with E-state index in [1.165, 1.54) is 18.4 Å². The third-order valence-corrected chi connectivity index (χ3v) is 4.08. The van der Waals surface area contributed by atoms with E-state index in [-0.39, 0.29) is 0 Å². The maximum Gasteiger partial charge on any atom is 0.341 e. The van der Waals surface area contributed by atoms with Crippen LogP contribution in [0.25, 0.3) is 10.6 Å². The van der Waals surface area contributed by atoms with E-state index in [1.54, 1.807) is 0 Å². The predicted octanol–water partition coefficient (Wildman–Crippen LogP) is 4.92. The van der Waals surface area contributed by atoms with Crippen LogP contribution in [0.5, 0.6) is 0 Å². The number of anilines is 1. The first-order valence-corrected chi connectivity index (χ1v) is 8.80. The summed E-state index contributed by atoms with van der Waals surface area (Å²) in [4.78, 5) is 12.6. The summed E-state index contributed by atoms with van der Waals surface area (Å²) >= 11 is 1.36. The van der Waals surface area contributed by atoms with Crippen LogP contribution in [0.3, 0.4) is 0 Å². The molecule has 130 valence electrons. The molecule has 0 saturated carbocycles. The average Bonchev–Trinajstić information content (AvgIpc) is 3.16. The van der Waals surface area contributed by atoms with Crippen molar-refractivity contribution in [2.75, 3.05) is 12.8 Å². The molecule has 2 heterocycles. The number of hydrogen-bond acceptors (Lipinski definition) is 5. The molecule has 0 atom stereocenters. The molecule has 0 aromatic carbocycles. The standard InChI is InChI=1S/C13H17N3O2S.2C2H6/c1-7(2)16-6-5-9(15-16)11-8(3)10(12(14)19-11)13(17)18-4;2*1-2/h5-7H,14H2,1-4H3;2*1-2H3. The molecule has 0 spiro atoms. The van der Waals surface area contributed by atoms with Crippen molar-refractivity contribution in [3.8, 4) is 10.6 Å². The van der Waals surface area contributed by atoms with Crippen molar-refractivity contribution in [2.24, 2.45) is 0 Å². The fourth-order valence-electron chi connectivity index (χ4n) is 1.88. The lowest BCUT2D eigenvalue weighted by atomic mass is 10.1. The summed E-state index contributed by atoms with van der Waals surface area (Å²) in [6.45, 7) is 14.0. The second-order valence-electron chi connectivity index (χ2n) is 4.56. The quantitative estimate of drug-likeness (QED) is 0.806. The Morgan fingerprint density at radius 3 is 2.30 bits per heavy atom. The number of nitrogen functional groups attached to an aromatic ring is 1. The first kappa shape index (κ1) is 21.2. The Hall–Kier alpha value is -1.82. The van der Waals surface area contributed by atoms with E-state index in [4.69, 9.17) is 10.5 Å². The summed E-state index contributed by atoms with van der Waals surface area (Å²) in [6, 6.07) is 2.23. The fourth-order valence-corrected chi connectivity index (χ4v) is 2.91. The molecule has 23 heavy (non-hydrogen) atoms. The molecule has 0 bridgehead atoms. The highest BCUT2D eigenvalue weighted by atomic mass is 32.1. The normalized spacial score (nSPS) is 9.61. The van der Waals surface area contributed by atoms with Crippen molar-refractivity contribution in [1.29, 1.82) is 0 Å². The minimum absolute atomic E-state index is 0.298. The van der Waals surface area contributed by atoms with Crippen molar-refractivity contribution in [3.05, 3.63) is 23.4 Å². The molecule has 6 heteroatoms. The van der Waals surface area contributed by atoms with Gasteiger partial charge in [0.2, 0.25) is 0 Å². The number of ether oxygens (including phenoxy) is 1. The second-order valence-corrected chi connectivity index (χ2v) is 5.61. The molecule has 2 aromatic heterocycles. The number of hydrogen-bond donors (Lipinski definition) is 1. The number of aromatic nitrogens is 2. The van der Waals surface area contributed by atoms with Crippen molar-refractivity contribution in [1.82, 2.24) is 9.78 Å². The van der Waals surface area contributed by atoms with Crippen molar-refractivity contribution in [3.63, 3.8) is 0 Å². The molecule has 2 N–H and O–H groups in total. The first-order chi connectivity index (χ1) is 11.0. The lowest BCUT2D eigenvalue weighted by molar-refractivity contribution is 0.0601. The van der Waals surface area contributed by atoms with Gasteiger partial charge in [-0.25, -0.2) is 4.79 Å². The van der Waals surface area contributed by atoms with Crippen LogP contribution >= 0.6 is 11.3 Å². The fraction of sp³-hybridized carbons (Fsp3) is 0.529. The van der Waals surface area contributed by atoms with Crippen LogP contribution in [0.4, 0.5) is 5.00 Å². The number of esters is 1. The minimum atomic E-state index is -0.402. The highest BCUT2D eigenvalue weighted by Gasteiger charge is 2.22. The Balaban J connectivity index is 0.00000112. The smallest absolute Gasteiger partial charge is 0.341 e. The lowest BCUT2D eigenvalue weighted by Gasteiger charge is -2.03. The number of thiophene rings is 1. The van der Waals surface area contributed by atoms with Crippen molar-refractivity contribution >= 4 is 22.3 Å². The maximum absolute atomic E-state index is 11.7. The summed E-state index contributed by atoms with van der Waals surface area (Å²) in [6.07, 6.45) is 1.92. The van der Waals surface area contributed by atoms with Gasteiger partial charge in [0.25, 0.3) is 0 Å². The molecule has 0 fully saturated rings. The molecule has 0 radical (unpaired) electrons. The van der Waals surface area contributed by atoms with Crippen LogP contribution in [-0.2, 0) is 4.74 Å². The average molecular weight is 340 g/mol. The number of methoxy groups -OCH3 is 1. The maximum atomic E-state index is 11.7. The van der Waals surface area contributed by atoms with Crippen LogP contribution in [0.2, 0.25) is 0 Å². The van der Waals surface area contributed by atoms with E-state index >= 15 is 0 Å². The Labute approximate surface area is 143 Å². The number of nitrogens with zero attached hydrogens (tertiary/aromatic N) is 2. The van der Waals surface area contributed by atoms with Crippen LogP contribution in [0.15, 0.2) is 12.3 Å². The summed E-state index contributed by atoms with van der Waals surface area (Å²) in [5.74, 6) is -0.402. The van der Waals surface area contributed by atoms with E-state index in [9.17, 15) is 4.79 Å². The van der Waals surface area contributed by atoms with E-state index in [1.807, 2.05) is 51.6 Å². The van der Waals surface area contributed by atoms with Gasteiger partial charge in [-0.3, -0.25) is 4.68 Å². The zero-order valence-corrected chi connectivity index (χ0v) is 16.2.